The number of amides is 1. The van der Waals surface area contributed by atoms with Crippen molar-refractivity contribution in [1.82, 2.24) is 15.0 Å². The van der Waals surface area contributed by atoms with Crippen molar-refractivity contribution in [2.45, 2.75) is 33.6 Å². The Morgan fingerprint density at radius 3 is 2.58 bits per heavy atom. The van der Waals surface area contributed by atoms with E-state index in [1.54, 1.807) is 18.2 Å². The van der Waals surface area contributed by atoms with Gasteiger partial charge in [0.1, 0.15) is 17.3 Å². The van der Waals surface area contributed by atoms with Crippen molar-refractivity contribution in [3.8, 4) is 11.5 Å². The fourth-order valence-electron chi connectivity index (χ4n) is 3.01. The highest BCUT2D eigenvalue weighted by atomic mass is 19.3. The highest BCUT2D eigenvalue weighted by Gasteiger charge is 2.13. The van der Waals surface area contributed by atoms with Crippen LogP contribution in [0.5, 0.6) is 11.5 Å². The minimum Gasteiger partial charge on any atom is -0.435 e. The van der Waals surface area contributed by atoms with Gasteiger partial charge in [0, 0.05) is 23.7 Å². The van der Waals surface area contributed by atoms with Crippen molar-refractivity contribution >= 4 is 23.2 Å². The summed E-state index contributed by atoms with van der Waals surface area (Å²) in [7, 11) is 0. The number of hydrogen-bond donors (Lipinski definition) is 1. The first-order valence-corrected chi connectivity index (χ1v) is 9.12. The van der Waals surface area contributed by atoms with Crippen LogP contribution in [0.3, 0.4) is 0 Å². The average molecular weight is 438 g/mol. The summed E-state index contributed by atoms with van der Waals surface area (Å²) in [6.07, 6.45) is 1.05. The second-order valence-electron chi connectivity index (χ2n) is 6.26. The molecule has 0 saturated heterocycles. The molecular formula is C20H18F4N4O3. The number of aromatic nitrogens is 2. The number of rotatable bonds is 8. The lowest BCUT2D eigenvalue weighted by molar-refractivity contribution is -0.0543. The van der Waals surface area contributed by atoms with Crippen LogP contribution < -0.4 is 14.9 Å². The van der Waals surface area contributed by atoms with Crippen LogP contribution in [0.2, 0.25) is 0 Å². The van der Waals surface area contributed by atoms with Crippen LogP contribution in [-0.2, 0) is 6.54 Å². The SMILES string of the molecule is CCn1c(C)nc2cc(C(=O)NN=Cc3ccc(OC(F)F)cc3OC(F)F)ccc21. The second-order valence-corrected chi connectivity index (χ2v) is 6.26. The zero-order valence-corrected chi connectivity index (χ0v) is 16.5. The smallest absolute Gasteiger partial charge is 0.387 e. The molecule has 0 saturated carbocycles. The molecule has 0 radical (unpaired) electrons. The van der Waals surface area contributed by atoms with Gasteiger partial charge in [0.2, 0.25) is 0 Å². The lowest BCUT2D eigenvalue weighted by atomic mass is 10.2. The molecule has 3 aromatic rings. The maximum Gasteiger partial charge on any atom is 0.387 e. The predicted octanol–water partition coefficient (Wildman–Crippen LogP) is 4.33. The molecule has 0 bridgehead atoms. The number of alkyl halides is 4. The third kappa shape index (κ3) is 5.30. The number of nitrogens with zero attached hydrogens (tertiary/aromatic N) is 3. The third-order valence-corrected chi connectivity index (χ3v) is 4.31. The molecule has 1 N–H and O–H groups in total. The van der Waals surface area contributed by atoms with Crippen molar-refractivity contribution < 1.29 is 31.8 Å². The van der Waals surface area contributed by atoms with Gasteiger partial charge < -0.3 is 14.0 Å². The fraction of sp³-hybridized carbons (Fsp3) is 0.250. The summed E-state index contributed by atoms with van der Waals surface area (Å²) < 4.78 is 60.3. The minimum absolute atomic E-state index is 0.0231. The van der Waals surface area contributed by atoms with Crippen molar-refractivity contribution in [2.75, 3.05) is 0 Å². The van der Waals surface area contributed by atoms with E-state index in [1.807, 2.05) is 18.4 Å². The van der Waals surface area contributed by atoms with E-state index in [9.17, 15) is 22.4 Å². The fourth-order valence-corrected chi connectivity index (χ4v) is 3.01. The van der Waals surface area contributed by atoms with Crippen molar-refractivity contribution in [1.29, 1.82) is 0 Å². The van der Waals surface area contributed by atoms with Gasteiger partial charge in [0.25, 0.3) is 5.91 Å². The molecule has 164 valence electrons. The average Bonchev–Trinajstić information content (AvgIpc) is 3.02. The molecule has 2 aromatic carbocycles. The van der Waals surface area contributed by atoms with E-state index in [-0.39, 0.29) is 11.3 Å². The molecule has 1 aromatic heterocycles. The molecule has 0 spiro atoms. The lowest BCUT2D eigenvalue weighted by Gasteiger charge is -2.10. The van der Waals surface area contributed by atoms with Gasteiger partial charge in [-0.15, -0.1) is 0 Å². The molecule has 0 fully saturated rings. The maximum atomic E-state index is 12.6. The van der Waals surface area contributed by atoms with E-state index in [0.29, 0.717) is 11.1 Å². The quantitative estimate of drug-likeness (QED) is 0.323. The third-order valence-electron chi connectivity index (χ3n) is 4.31. The Labute approximate surface area is 174 Å². The number of fused-ring (bicyclic) bond motifs is 1. The number of aryl methyl sites for hydroxylation is 2. The number of nitrogens with one attached hydrogen (secondary N) is 1. The van der Waals surface area contributed by atoms with Gasteiger partial charge in [-0.2, -0.15) is 22.7 Å². The number of halogens is 4. The molecule has 0 aliphatic rings. The Bertz CT molecular complexity index is 1120. The van der Waals surface area contributed by atoms with Crippen LogP contribution in [0, 0.1) is 6.92 Å². The summed E-state index contributed by atoms with van der Waals surface area (Å²) in [5.74, 6) is -0.523. The lowest BCUT2D eigenvalue weighted by Crippen LogP contribution is -2.17. The first kappa shape index (κ1) is 22.1. The monoisotopic (exact) mass is 438 g/mol. The molecule has 1 amide bonds. The Kier molecular flexibility index (Phi) is 6.73. The van der Waals surface area contributed by atoms with E-state index in [2.05, 4.69) is 25.0 Å². The van der Waals surface area contributed by atoms with Crippen molar-refractivity contribution in [2.24, 2.45) is 5.10 Å². The first-order chi connectivity index (χ1) is 14.8. The predicted molar refractivity (Wildman–Crippen MR) is 105 cm³/mol. The van der Waals surface area contributed by atoms with Gasteiger partial charge in [0.05, 0.1) is 17.2 Å². The Morgan fingerprint density at radius 1 is 1.16 bits per heavy atom. The number of hydrazone groups is 1. The number of carbonyl (C=O) groups is 1. The molecule has 1 heterocycles. The number of imidazole rings is 1. The summed E-state index contributed by atoms with van der Waals surface area (Å²) in [5, 5.41) is 3.73. The number of carbonyl (C=O) groups excluding carboxylic acids is 1. The maximum absolute atomic E-state index is 12.6. The van der Waals surface area contributed by atoms with Crippen molar-refractivity contribution in [3.05, 3.63) is 53.3 Å². The van der Waals surface area contributed by atoms with Crippen LogP contribution in [0.15, 0.2) is 41.5 Å². The number of benzene rings is 2. The van der Waals surface area contributed by atoms with Crippen LogP contribution in [-0.4, -0.2) is 34.9 Å². The Morgan fingerprint density at radius 2 is 1.90 bits per heavy atom. The summed E-state index contributed by atoms with van der Waals surface area (Å²) in [6, 6.07) is 8.20. The molecule has 31 heavy (non-hydrogen) atoms. The van der Waals surface area contributed by atoms with E-state index in [0.717, 1.165) is 36.2 Å². The molecule has 7 nitrogen and oxygen atoms in total. The summed E-state index contributed by atoms with van der Waals surface area (Å²) >= 11 is 0. The summed E-state index contributed by atoms with van der Waals surface area (Å²) in [6.45, 7) is -1.72. The molecule has 0 atom stereocenters. The normalized spacial score (nSPS) is 11.6. The van der Waals surface area contributed by atoms with Crippen molar-refractivity contribution in [3.63, 3.8) is 0 Å². The molecule has 3 rings (SSSR count). The van der Waals surface area contributed by atoms with Gasteiger partial charge in [0.15, 0.2) is 0 Å². The van der Waals surface area contributed by atoms with Gasteiger partial charge in [-0.05, 0) is 44.2 Å². The van der Waals surface area contributed by atoms with Gasteiger partial charge in [-0.3, -0.25) is 4.79 Å². The minimum atomic E-state index is -3.19. The van der Waals surface area contributed by atoms with Crippen LogP contribution in [0.4, 0.5) is 17.6 Å². The van der Waals surface area contributed by atoms with E-state index < -0.39 is 24.9 Å². The molecule has 0 aliphatic heterocycles. The number of ether oxygens (including phenoxy) is 2. The largest absolute Gasteiger partial charge is 0.435 e. The van der Waals surface area contributed by atoms with E-state index in [1.165, 1.54) is 6.07 Å². The second kappa shape index (κ2) is 9.45. The highest BCUT2D eigenvalue weighted by molar-refractivity contribution is 5.98. The van der Waals surface area contributed by atoms with Gasteiger partial charge in [-0.25, -0.2) is 10.4 Å². The molecule has 0 aliphatic carbocycles. The van der Waals surface area contributed by atoms with Crippen LogP contribution in [0.25, 0.3) is 11.0 Å². The molecule has 0 unspecified atom stereocenters. The Hall–Kier alpha value is -3.63. The van der Waals surface area contributed by atoms with Gasteiger partial charge in [-0.1, -0.05) is 0 Å². The number of hydrogen-bond acceptors (Lipinski definition) is 5. The molecule has 11 heteroatoms. The van der Waals surface area contributed by atoms with E-state index in [4.69, 9.17) is 0 Å². The first-order valence-electron chi connectivity index (χ1n) is 9.12. The zero-order valence-electron chi connectivity index (χ0n) is 16.5. The standard InChI is InChI=1S/C20H18F4N4O3/c1-3-28-11(2)26-15-8-12(5-7-16(15)28)18(29)27-25-10-13-4-6-14(30-19(21)22)9-17(13)31-20(23)24/h4-10,19-20H,3H2,1-2H3,(H,27,29). The van der Waals surface area contributed by atoms with Crippen LogP contribution >= 0.6 is 0 Å². The summed E-state index contributed by atoms with van der Waals surface area (Å²) in [5.41, 5.74) is 4.14. The highest BCUT2D eigenvalue weighted by Crippen LogP contribution is 2.26. The molecular weight excluding hydrogens is 420 g/mol. The van der Waals surface area contributed by atoms with E-state index >= 15 is 0 Å². The topological polar surface area (TPSA) is 77.7 Å². The van der Waals surface area contributed by atoms with Gasteiger partial charge >= 0.3 is 13.2 Å². The zero-order chi connectivity index (χ0) is 22.5. The van der Waals surface area contributed by atoms with Crippen LogP contribution in [0.1, 0.15) is 28.7 Å². The summed E-state index contributed by atoms with van der Waals surface area (Å²) in [4.78, 5) is 16.8. The Balaban J connectivity index is 1.76.